The van der Waals surface area contributed by atoms with Gasteiger partial charge in [0, 0.05) is 18.8 Å². The fourth-order valence-electron chi connectivity index (χ4n) is 0.711. The van der Waals surface area contributed by atoms with Crippen LogP contribution in [0.15, 0.2) is 15.8 Å². The molecule has 60 valence electrons. The minimum atomic E-state index is -0.427. The smallest absolute Gasteiger partial charge is 0.314 e. The fraction of sp³-hybridized carbons (Fsp3) is 0.333. The highest BCUT2D eigenvalue weighted by molar-refractivity contribution is 6.16. The molecule has 0 saturated carbocycles. The molecule has 1 rings (SSSR count). The number of H-pyrrole nitrogens is 1. The second-order valence-electron chi connectivity index (χ2n) is 2.12. The lowest BCUT2D eigenvalue weighted by atomic mass is 10.4. The van der Waals surface area contributed by atoms with Crippen LogP contribution in [0, 0.1) is 0 Å². The molecular formula is C6H7ClN2O2. The molecule has 1 heterocycles. The van der Waals surface area contributed by atoms with Crippen molar-refractivity contribution in [3.8, 4) is 0 Å². The minimum absolute atomic E-state index is 0.115. The van der Waals surface area contributed by atoms with Crippen LogP contribution in [0.5, 0.6) is 0 Å². The third-order valence-electron chi connectivity index (χ3n) is 1.40. The van der Waals surface area contributed by atoms with Crippen molar-refractivity contribution in [3.63, 3.8) is 0 Å². The van der Waals surface area contributed by atoms with E-state index in [1.165, 1.54) is 13.2 Å². The molecule has 1 aromatic heterocycles. The van der Waals surface area contributed by atoms with Gasteiger partial charge in [-0.25, -0.2) is 4.79 Å². The van der Waals surface area contributed by atoms with Gasteiger partial charge in [-0.05, 0) is 0 Å². The Bertz CT molecular complexity index is 366. The van der Waals surface area contributed by atoms with E-state index < -0.39 is 5.69 Å². The van der Waals surface area contributed by atoms with Crippen molar-refractivity contribution in [2.24, 2.45) is 7.05 Å². The van der Waals surface area contributed by atoms with Gasteiger partial charge in [0.25, 0.3) is 5.56 Å². The summed E-state index contributed by atoms with van der Waals surface area (Å²) in [5.74, 6) is 0.115. The molecule has 11 heavy (non-hydrogen) atoms. The van der Waals surface area contributed by atoms with E-state index in [-0.39, 0.29) is 11.4 Å². The van der Waals surface area contributed by atoms with Gasteiger partial charge in [-0.15, -0.1) is 11.6 Å². The van der Waals surface area contributed by atoms with Crippen molar-refractivity contribution in [2.75, 3.05) is 0 Å². The maximum atomic E-state index is 11.1. The molecule has 5 heteroatoms. The molecule has 0 fully saturated rings. The van der Waals surface area contributed by atoms with E-state index >= 15 is 0 Å². The molecule has 1 N–H and O–H groups in total. The Balaban J connectivity index is 3.50. The number of aromatic nitrogens is 2. The van der Waals surface area contributed by atoms with Crippen LogP contribution >= 0.6 is 11.6 Å². The molecule has 0 aliphatic rings. The Labute approximate surface area is 67.4 Å². The van der Waals surface area contributed by atoms with Gasteiger partial charge in [0.15, 0.2) is 0 Å². The molecule has 0 saturated heterocycles. The molecule has 0 aliphatic carbocycles. The minimum Gasteiger partial charge on any atom is -0.314 e. The van der Waals surface area contributed by atoms with Crippen molar-refractivity contribution < 1.29 is 0 Å². The number of halogens is 1. The third kappa shape index (κ3) is 1.35. The summed E-state index contributed by atoms with van der Waals surface area (Å²) in [6, 6.07) is 0. The van der Waals surface area contributed by atoms with E-state index in [0.29, 0.717) is 5.56 Å². The van der Waals surface area contributed by atoms with Crippen LogP contribution in [0.4, 0.5) is 0 Å². The number of hydrogen-bond acceptors (Lipinski definition) is 2. The number of hydrogen-bond donors (Lipinski definition) is 1. The largest absolute Gasteiger partial charge is 0.328 e. The zero-order valence-electron chi connectivity index (χ0n) is 5.93. The second kappa shape index (κ2) is 2.92. The summed E-state index contributed by atoms with van der Waals surface area (Å²) in [7, 11) is 1.40. The molecule has 0 aliphatic heterocycles. The van der Waals surface area contributed by atoms with Crippen LogP contribution in [-0.2, 0) is 12.9 Å². The van der Waals surface area contributed by atoms with Gasteiger partial charge in [0.05, 0.1) is 5.88 Å². The molecule has 0 amide bonds. The third-order valence-corrected chi connectivity index (χ3v) is 1.69. The highest BCUT2D eigenvalue weighted by Crippen LogP contribution is 1.90. The molecule has 0 unspecified atom stereocenters. The topological polar surface area (TPSA) is 54.9 Å². The van der Waals surface area contributed by atoms with Crippen LogP contribution in [0.3, 0.4) is 0 Å². The van der Waals surface area contributed by atoms with Crippen LogP contribution in [0.25, 0.3) is 0 Å². The summed E-state index contributed by atoms with van der Waals surface area (Å²) >= 11 is 5.42. The van der Waals surface area contributed by atoms with Gasteiger partial charge < -0.3 is 4.98 Å². The van der Waals surface area contributed by atoms with Gasteiger partial charge in [-0.2, -0.15) is 0 Å². The molecule has 0 atom stereocenters. The monoisotopic (exact) mass is 174 g/mol. The van der Waals surface area contributed by atoms with Gasteiger partial charge in [-0.1, -0.05) is 0 Å². The summed E-state index contributed by atoms with van der Waals surface area (Å²) < 4.78 is 0.984. The lowest BCUT2D eigenvalue weighted by Gasteiger charge is -1.96. The van der Waals surface area contributed by atoms with Crippen molar-refractivity contribution >= 4 is 11.6 Å². The van der Waals surface area contributed by atoms with Crippen molar-refractivity contribution in [1.29, 1.82) is 0 Å². The molecule has 0 spiro atoms. The highest BCUT2D eigenvalue weighted by atomic mass is 35.5. The summed E-state index contributed by atoms with van der Waals surface area (Å²) in [4.78, 5) is 24.2. The summed E-state index contributed by atoms with van der Waals surface area (Å²) in [5, 5.41) is 0. The average Bonchev–Trinajstić information content (AvgIpc) is 2.01. The van der Waals surface area contributed by atoms with Crippen molar-refractivity contribution in [1.82, 2.24) is 9.55 Å². The average molecular weight is 175 g/mol. The number of rotatable bonds is 1. The molecule has 4 nitrogen and oxygen atoms in total. The molecule has 0 bridgehead atoms. The first-order valence-corrected chi connectivity index (χ1v) is 3.54. The summed E-state index contributed by atoms with van der Waals surface area (Å²) in [6.07, 6.45) is 1.33. The predicted molar refractivity (Wildman–Crippen MR) is 41.9 cm³/mol. The normalized spacial score (nSPS) is 10.0. The van der Waals surface area contributed by atoms with Gasteiger partial charge >= 0.3 is 5.69 Å². The first-order chi connectivity index (χ1) is 5.16. The van der Waals surface area contributed by atoms with Crippen LogP contribution in [0.1, 0.15) is 5.56 Å². The molecule has 0 radical (unpaired) electrons. The standard InChI is InChI=1S/C6H7ClN2O2/c1-9-5(10)4(2-7)3-8-6(9)11/h3H,2H2,1H3,(H,8,11). The quantitative estimate of drug-likeness (QED) is 0.601. The first-order valence-electron chi connectivity index (χ1n) is 3.00. The van der Waals surface area contributed by atoms with Crippen molar-refractivity contribution in [2.45, 2.75) is 5.88 Å². The lowest BCUT2D eigenvalue weighted by Crippen LogP contribution is -2.33. The second-order valence-corrected chi connectivity index (χ2v) is 2.38. The van der Waals surface area contributed by atoms with Gasteiger partial charge in [-0.3, -0.25) is 9.36 Å². The summed E-state index contributed by atoms with van der Waals surface area (Å²) in [6.45, 7) is 0. The van der Waals surface area contributed by atoms with Crippen LogP contribution in [-0.4, -0.2) is 9.55 Å². The van der Waals surface area contributed by atoms with E-state index in [9.17, 15) is 9.59 Å². The Morgan fingerprint density at radius 1 is 1.64 bits per heavy atom. The summed E-state index contributed by atoms with van der Waals surface area (Å²) in [5.41, 5.74) is -0.374. The Kier molecular flexibility index (Phi) is 2.14. The maximum Gasteiger partial charge on any atom is 0.328 e. The SMILES string of the molecule is Cn1c(=O)[nH]cc(CCl)c1=O. The number of nitrogens with one attached hydrogen (secondary N) is 1. The molecule has 0 aromatic carbocycles. The van der Waals surface area contributed by atoms with Crippen LogP contribution in [0.2, 0.25) is 0 Å². The fourth-order valence-corrected chi connectivity index (χ4v) is 0.902. The Morgan fingerprint density at radius 3 is 2.82 bits per heavy atom. The maximum absolute atomic E-state index is 11.1. The first kappa shape index (κ1) is 8.07. The van der Waals surface area contributed by atoms with Crippen molar-refractivity contribution in [3.05, 3.63) is 32.6 Å². The zero-order chi connectivity index (χ0) is 8.43. The van der Waals surface area contributed by atoms with E-state index in [2.05, 4.69) is 4.98 Å². The van der Waals surface area contributed by atoms with E-state index in [1.807, 2.05) is 0 Å². The zero-order valence-corrected chi connectivity index (χ0v) is 6.68. The van der Waals surface area contributed by atoms with Gasteiger partial charge in [0.1, 0.15) is 0 Å². The lowest BCUT2D eigenvalue weighted by molar-refractivity contribution is 0.763. The molecular weight excluding hydrogens is 168 g/mol. The van der Waals surface area contributed by atoms with E-state index in [1.54, 1.807) is 0 Å². The molecule has 1 aromatic rings. The number of aromatic amines is 1. The highest BCUT2D eigenvalue weighted by Gasteiger charge is 2.00. The number of alkyl halides is 1. The Hall–Kier alpha value is -1.03. The Morgan fingerprint density at radius 2 is 2.27 bits per heavy atom. The van der Waals surface area contributed by atoms with E-state index in [4.69, 9.17) is 11.6 Å². The van der Waals surface area contributed by atoms with Gasteiger partial charge in [0.2, 0.25) is 0 Å². The van der Waals surface area contributed by atoms with E-state index in [0.717, 1.165) is 4.57 Å². The predicted octanol–water partition coefficient (Wildman–Crippen LogP) is -0.188. The van der Waals surface area contributed by atoms with Crippen LogP contribution < -0.4 is 11.2 Å². The number of nitrogens with zero attached hydrogens (tertiary/aromatic N) is 1.